The molecule has 0 aliphatic carbocycles. The average molecular weight is 452 g/mol. The molecular weight excluding hydrogens is 426 g/mol. The number of thiophene rings is 1. The molecule has 3 heterocycles. The summed E-state index contributed by atoms with van der Waals surface area (Å²) in [6.45, 7) is 3.69. The quantitative estimate of drug-likeness (QED) is 0.530. The molecule has 1 aromatic carbocycles. The molecule has 1 saturated heterocycles. The van der Waals surface area contributed by atoms with Gasteiger partial charge in [-0.3, -0.25) is 9.59 Å². The Bertz CT molecular complexity index is 1010. The van der Waals surface area contributed by atoms with E-state index in [4.69, 9.17) is 0 Å². The van der Waals surface area contributed by atoms with Crippen molar-refractivity contribution in [3.05, 3.63) is 81.7 Å². The number of carbonyl (C=O) groups is 2. The van der Waals surface area contributed by atoms with E-state index in [-0.39, 0.29) is 23.6 Å². The largest absolute Gasteiger partial charge is 0.344 e. The van der Waals surface area contributed by atoms with Crippen LogP contribution in [0.5, 0.6) is 0 Å². The summed E-state index contributed by atoms with van der Waals surface area (Å²) in [5, 5.41) is 5.91. The van der Waals surface area contributed by atoms with Gasteiger partial charge in [0.2, 0.25) is 5.91 Å². The summed E-state index contributed by atoms with van der Waals surface area (Å²) in [4.78, 5) is 32.5. The lowest BCUT2D eigenvalue weighted by atomic mass is 10.0. The number of likely N-dealkylation sites (tertiary alicyclic amines) is 1. The summed E-state index contributed by atoms with van der Waals surface area (Å²) in [5.41, 5.74) is 2.86. The van der Waals surface area contributed by atoms with Gasteiger partial charge < -0.3 is 10.2 Å². The van der Waals surface area contributed by atoms with Gasteiger partial charge in [-0.25, -0.2) is 4.98 Å². The van der Waals surface area contributed by atoms with E-state index in [1.807, 2.05) is 28.5 Å². The molecule has 2 amide bonds. The molecule has 1 aliphatic rings. The van der Waals surface area contributed by atoms with Crippen molar-refractivity contribution >= 4 is 34.9 Å². The SMILES string of the molecule is Cc1ccc([C@@H](NC(=O)CSc2ccc(C(=O)N3CCCC3)cn2)c2cccs2)cc1. The Kier molecular flexibility index (Phi) is 7.04. The Morgan fingerprint density at radius 2 is 1.90 bits per heavy atom. The number of benzene rings is 1. The van der Waals surface area contributed by atoms with Gasteiger partial charge in [-0.1, -0.05) is 47.7 Å². The predicted molar refractivity (Wildman–Crippen MR) is 126 cm³/mol. The highest BCUT2D eigenvalue weighted by atomic mass is 32.2. The molecule has 0 bridgehead atoms. The molecule has 5 nitrogen and oxygen atoms in total. The van der Waals surface area contributed by atoms with E-state index in [1.54, 1.807) is 23.6 Å². The Hall–Kier alpha value is -2.64. The second-order valence-corrected chi connectivity index (χ2v) is 9.57. The summed E-state index contributed by atoms with van der Waals surface area (Å²) in [5.74, 6) is 0.249. The van der Waals surface area contributed by atoms with Crippen molar-refractivity contribution in [1.82, 2.24) is 15.2 Å². The van der Waals surface area contributed by atoms with Crippen LogP contribution in [0, 0.1) is 6.92 Å². The third-order valence-corrected chi connectivity index (χ3v) is 7.15. The fraction of sp³-hybridized carbons (Fsp3) is 0.292. The van der Waals surface area contributed by atoms with Gasteiger partial charge in [0, 0.05) is 24.2 Å². The van der Waals surface area contributed by atoms with Gasteiger partial charge in [-0.2, -0.15) is 0 Å². The highest BCUT2D eigenvalue weighted by Crippen LogP contribution is 2.27. The monoisotopic (exact) mass is 451 g/mol. The van der Waals surface area contributed by atoms with E-state index in [1.165, 1.54) is 17.3 Å². The maximum absolute atomic E-state index is 12.7. The lowest BCUT2D eigenvalue weighted by Crippen LogP contribution is -2.30. The number of carbonyl (C=O) groups excluding carboxylic acids is 2. The standard InChI is InChI=1S/C24H25N3O2S2/c1-17-6-8-18(9-7-17)23(20-5-4-14-30-20)26-21(28)16-31-22-11-10-19(15-25-22)24(29)27-12-2-3-13-27/h4-11,14-15,23H,2-3,12-13,16H2,1H3,(H,26,28)/t23-/m1/s1. The van der Waals surface area contributed by atoms with Crippen LogP contribution in [0.3, 0.4) is 0 Å². The molecule has 0 spiro atoms. The molecule has 2 aromatic heterocycles. The molecule has 1 fully saturated rings. The Morgan fingerprint density at radius 1 is 1.13 bits per heavy atom. The minimum absolute atomic E-state index is 0.0381. The zero-order valence-corrected chi connectivity index (χ0v) is 19.0. The fourth-order valence-electron chi connectivity index (χ4n) is 3.57. The van der Waals surface area contributed by atoms with Crippen molar-refractivity contribution < 1.29 is 9.59 Å². The summed E-state index contributed by atoms with van der Waals surface area (Å²) in [6, 6.07) is 15.7. The maximum atomic E-state index is 12.7. The lowest BCUT2D eigenvalue weighted by molar-refractivity contribution is -0.119. The second kappa shape index (κ2) is 10.1. The third-order valence-electron chi connectivity index (χ3n) is 5.27. The summed E-state index contributed by atoms with van der Waals surface area (Å²) < 4.78 is 0. The van der Waals surface area contributed by atoms with E-state index in [0.29, 0.717) is 5.56 Å². The van der Waals surface area contributed by atoms with Crippen molar-refractivity contribution in [3.63, 3.8) is 0 Å². The van der Waals surface area contributed by atoms with Crippen molar-refractivity contribution in [2.45, 2.75) is 30.8 Å². The first kappa shape index (κ1) is 21.6. The van der Waals surface area contributed by atoms with Crippen LogP contribution >= 0.6 is 23.1 Å². The molecular formula is C24H25N3O2S2. The highest BCUT2D eigenvalue weighted by Gasteiger charge is 2.20. The first-order valence-electron chi connectivity index (χ1n) is 10.4. The predicted octanol–water partition coefficient (Wildman–Crippen LogP) is 4.69. The van der Waals surface area contributed by atoms with Crippen LogP contribution in [-0.2, 0) is 4.79 Å². The number of amides is 2. The second-order valence-electron chi connectivity index (χ2n) is 7.60. The molecule has 0 radical (unpaired) electrons. The summed E-state index contributed by atoms with van der Waals surface area (Å²) >= 11 is 3.00. The normalized spacial score (nSPS) is 14.4. The Balaban J connectivity index is 1.36. The average Bonchev–Trinajstić information content (AvgIpc) is 3.51. The molecule has 1 atom stereocenters. The van der Waals surface area contributed by atoms with E-state index in [2.05, 4.69) is 41.5 Å². The minimum atomic E-state index is -0.165. The summed E-state index contributed by atoms with van der Waals surface area (Å²) in [6.07, 6.45) is 3.75. The minimum Gasteiger partial charge on any atom is -0.344 e. The van der Waals surface area contributed by atoms with Gasteiger partial charge in [0.15, 0.2) is 0 Å². The Morgan fingerprint density at radius 3 is 2.55 bits per heavy atom. The number of pyridine rings is 1. The maximum Gasteiger partial charge on any atom is 0.255 e. The molecule has 160 valence electrons. The van der Waals surface area contributed by atoms with Gasteiger partial charge >= 0.3 is 0 Å². The van der Waals surface area contributed by atoms with E-state index in [0.717, 1.165) is 41.4 Å². The van der Waals surface area contributed by atoms with Gasteiger partial charge in [-0.05, 0) is 48.9 Å². The number of aromatic nitrogens is 1. The molecule has 7 heteroatoms. The van der Waals surface area contributed by atoms with Crippen LogP contribution in [0.2, 0.25) is 0 Å². The number of hydrogen-bond acceptors (Lipinski definition) is 5. The van der Waals surface area contributed by atoms with Crippen molar-refractivity contribution in [3.8, 4) is 0 Å². The van der Waals surface area contributed by atoms with E-state index >= 15 is 0 Å². The van der Waals surface area contributed by atoms with Gasteiger partial charge in [-0.15, -0.1) is 11.3 Å². The molecule has 1 aliphatic heterocycles. The van der Waals surface area contributed by atoms with Crippen LogP contribution in [0.4, 0.5) is 0 Å². The molecule has 0 unspecified atom stereocenters. The molecule has 4 rings (SSSR count). The molecule has 1 N–H and O–H groups in total. The number of thioether (sulfide) groups is 1. The topological polar surface area (TPSA) is 62.3 Å². The zero-order chi connectivity index (χ0) is 21.6. The Labute approximate surface area is 190 Å². The molecule has 3 aromatic rings. The molecule has 31 heavy (non-hydrogen) atoms. The number of nitrogens with zero attached hydrogens (tertiary/aromatic N) is 2. The highest BCUT2D eigenvalue weighted by molar-refractivity contribution is 7.99. The lowest BCUT2D eigenvalue weighted by Gasteiger charge is -2.18. The van der Waals surface area contributed by atoms with Crippen LogP contribution in [0.1, 0.15) is 45.2 Å². The number of hydrogen-bond donors (Lipinski definition) is 1. The first-order valence-corrected chi connectivity index (χ1v) is 12.2. The van der Waals surface area contributed by atoms with Crippen LogP contribution in [0.25, 0.3) is 0 Å². The number of aryl methyl sites for hydroxylation is 1. The smallest absolute Gasteiger partial charge is 0.255 e. The zero-order valence-electron chi connectivity index (χ0n) is 17.4. The number of nitrogens with one attached hydrogen (secondary N) is 1. The van der Waals surface area contributed by atoms with Gasteiger partial charge in [0.1, 0.15) is 0 Å². The first-order chi connectivity index (χ1) is 15.1. The van der Waals surface area contributed by atoms with E-state index < -0.39 is 0 Å². The van der Waals surface area contributed by atoms with Crippen LogP contribution < -0.4 is 5.32 Å². The summed E-state index contributed by atoms with van der Waals surface area (Å²) in [7, 11) is 0. The van der Waals surface area contributed by atoms with Crippen molar-refractivity contribution in [2.75, 3.05) is 18.8 Å². The fourth-order valence-corrected chi connectivity index (χ4v) is 5.03. The third kappa shape index (κ3) is 5.54. The van der Waals surface area contributed by atoms with Gasteiger partial charge in [0.05, 0.1) is 22.4 Å². The van der Waals surface area contributed by atoms with Gasteiger partial charge in [0.25, 0.3) is 5.91 Å². The van der Waals surface area contributed by atoms with Crippen LogP contribution in [0.15, 0.2) is 65.1 Å². The molecule has 0 saturated carbocycles. The van der Waals surface area contributed by atoms with Crippen molar-refractivity contribution in [2.24, 2.45) is 0 Å². The van der Waals surface area contributed by atoms with E-state index in [9.17, 15) is 9.59 Å². The number of rotatable bonds is 7. The van der Waals surface area contributed by atoms with Crippen molar-refractivity contribution in [1.29, 1.82) is 0 Å². The van der Waals surface area contributed by atoms with Crippen LogP contribution in [-0.4, -0.2) is 40.5 Å².